The van der Waals surface area contributed by atoms with Gasteiger partial charge in [-0.1, -0.05) is 20.8 Å². The fraction of sp³-hybridized carbons (Fsp3) is 0.571. The van der Waals surface area contributed by atoms with Crippen molar-refractivity contribution >= 4 is 5.69 Å². The van der Waals surface area contributed by atoms with Gasteiger partial charge in [-0.05, 0) is 36.1 Å². The van der Waals surface area contributed by atoms with Crippen LogP contribution < -0.4 is 11.1 Å². The van der Waals surface area contributed by atoms with E-state index in [2.05, 4.69) is 26.1 Å². The highest BCUT2D eigenvalue weighted by atomic mass is 19.4. The quantitative estimate of drug-likeness (QED) is 0.874. The van der Waals surface area contributed by atoms with Gasteiger partial charge in [0.15, 0.2) is 0 Å². The van der Waals surface area contributed by atoms with Crippen molar-refractivity contribution in [1.29, 1.82) is 0 Å². The average Bonchev–Trinajstić information content (AvgIpc) is 2.23. The van der Waals surface area contributed by atoms with Gasteiger partial charge in [0.25, 0.3) is 0 Å². The number of benzene rings is 1. The number of alkyl halides is 3. The zero-order valence-corrected chi connectivity index (χ0v) is 11.5. The minimum absolute atomic E-state index is 0.0257. The summed E-state index contributed by atoms with van der Waals surface area (Å²) in [5, 5.41) is 3.05. The monoisotopic (exact) mass is 274 g/mol. The van der Waals surface area contributed by atoms with Crippen molar-refractivity contribution in [3.05, 3.63) is 29.8 Å². The molecule has 0 bridgehead atoms. The summed E-state index contributed by atoms with van der Waals surface area (Å²) in [6.07, 6.45) is -3.44. The predicted molar refractivity (Wildman–Crippen MR) is 72.0 cm³/mol. The van der Waals surface area contributed by atoms with Crippen molar-refractivity contribution in [3.63, 3.8) is 0 Å². The molecule has 0 radical (unpaired) electrons. The molecule has 0 saturated heterocycles. The van der Waals surface area contributed by atoms with Crippen molar-refractivity contribution in [1.82, 2.24) is 0 Å². The number of halogens is 3. The highest BCUT2D eigenvalue weighted by molar-refractivity contribution is 5.45. The van der Waals surface area contributed by atoms with Crippen molar-refractivity contribution in [2.45, 2.75) is 39.4 Å². The van der Waals surface area contributed by atoms with Crippen LogP contribution in [0.25, 0.3) is 0 Å². The van der Waals surface area contributed by atoms with E-state index in [-0.39, 0.29) is 11.5 Å². The minimum Gasteiger partial charge on any atom is -0.383 e. The molecule has 0 heterocycles. The normalized spacial score (nSPS) is 14.3. The molecule has 0 amide bonds. The summed E-state index contributed by atoms with van der Waals surface area (Å²) in [4.78, 5) is 0. The Balaban J connectivity index is 2.51. The van der Waals surface area contributed by atoms with Crippen LogP contribution in [0.5, 0.6) is 0 Å². The van der Waals surface area contributed by atoms with E-state index in [1.165, 1.54) is 12.1 Å². The van der Waals surface area contributed by atoms with Crippen LogP contribution >= 0.6 is 0 Å². The lowest BCUT2D eigenvalue weighted by Gasteiger charge is -2.23. The summed E-state index contributed by atoms with van der Waals surface area (Å²) in [5.41, 5.74) is 6.11. The van der Waals surface area contributed by atoms with E-state index in [9.17, 15) is 13.2 Å². The molecule has 0 aliphatic carbocycles. The van der Waals surface area contributed by atoms with Gasteiger partial charge in [0.2, 0.25) is 0 Å². The molecule has 0 fully saturated rings. The van der Waals surface area contributed by atoms with E-state index in [0.29, 0.717) is 12.2 Å². The van der Waals surface area contributed by atoms with Crippen LogP contribution in [0.2, 0.25) is 0 Å². The first-order valence-electron chi connectivity index (χ1n) is 6.25. The van der Waals surface area contributed by atoms with Gasteiger partial charge in [-0.3, -0.25) is 0 Å². The molecule has 0 aromatic heterocycles. The summed E-state index contributed by atoms with van der Waals surface area (Å²) >= 11 is 0. The van der Waals surface area contributed by atoms with Crippen LogP contribution in [0.4, 0.5) is 18.9 Å². The summed E-state index contributed by atoms with van der Waals surface area (Å²) in [6, 6.07) is 4.95. The number of anilines is 1. The van der Waals surface area contributed by atoms with Crippen molar-refractivity contribution in [2.24, 2.45) is 11.1 Å². The smallest absolute Gasteiger partial charge is 0.383 e. The van der Waals surface area contributed by atoms with Crippen LogP contribution in [0.15, 0.2) is 24.3 Å². The van der Waals surface area contributed by atoms with E-state index in [4.69, 9.17) is 5.73 Å². The van der Waals surface area contributed by atoms with Gasteiger partial charge in [-0.25, -0.2) is 0 Å². The third-order valence-electron chi connectivity index (χ3n) is 2.66. The van der Waals surface area contributed by atoms with Crippen LogP contribution in [0.1, 0.15) is 32.8 Å². The lowest BCUT2D eigenvalue weighted by Crippen LogP contribution is -2.33. The highest BCUT2D eigenvalue weighted by Crippen LogP contribution is 2.29. The second kappa shape index (κ2) is 5.82. The zero-order chi connectivity index (χ0) is 14.7. The van der Waals surface area contributed by atoms with Gasteiger partial charge in [-0.2, -0.15) is 13.2 Å². The van der Waals surface area contributed by atoms with Gasteiger partial charge in [0.1, 0.15) is 0 Å². The van der Waals surface area contributed by atoms with Crippen LogP contribution in [0.3, 0.4) is 0 Å². The second-order valence-electron chi connectivity index (χ2n) is 5.98. The van der Waals surface area contributed by atoms with E-state index in [1.807, 2.05) is 0 Å². The fourth-order valence-corrected chi connectivity index (χ4v) is 1.88. The highest BCUT2D eigenvalue weighted by Gasteiger charge is 2.29. The van der Waals surface area contributed by atoms with Gasteiger partial charge in [-0.15, -0.1) is 0 Å². The number of rotatable bonds is 4. The molecular formula is C14H21F3N2. The molecule has 19 heavy (non-hydrogen) atoms. The van der Waals surface area contributed by atoms with Crippen LogP contribution in [-0.2, 0) is 6.18 Å². The molecule has 1 unspecified atom stereocenters. The Morgan fingerprint density at radius 2 is 1.63 bits per heavy atom. The van der Waals surface area contributed by atoms with Crippen molar-refractivity contribution < 1.29 is 13.2 Å². The maximum atomic E-state index is 12.4. The Labute approximate surface area is 112 Å². The first kappa shape index (κ1) is 15.8. The summed E-state index contributed by atoms with van der Waals surface area (Å²) < 4.78 is 37.1. The van der Waals surface area contributed by atoms with E-state index in [0.717, 1.165) is 18.6 Å². The zero-order valence-electron chi connectivity index (χ0n) is 11.5. The Bertz CT molecular complexity index is 391. The third kappa shape index (κ3) is 5.96. The van der Waals surface area contributed by atoms with Crippen LogP contribution in [-0.4, -0.2) is 12.6 Å². The molecule has 0 aliphatic heterocycles. The first-order chi connectivity index (χ1) is 8.58. The largest absolute Gasteiger partial charge is 0.416 e. The maximum absolute atomic E-state index is 12.4. The second-order valence-corrected chi connectivity index (χ2v) is 5.98. The minimum atomic E-state index is -4.29. The standard InChI is InChI=1S/C14H21F3N2/c1-13(2,3)8-11(18)9-19-12-6-4-10(5-7-12)14(15,16)17/h4-7,11,19H,8-9,18H2,1-3H3. The van der Waals surface area contributed by atoms with Gasteiger partial charge < -0.3 is 11.1 Å². The van der Waals surface area contributed by atoms with Gasteiger partial charge >= 0.3 is 6.18 Å². The number of hydrogen-bond donors (Lipinski definition) is 2. The summed E-state index contributed by atoms with van der Waals surface area (Å²) in [6.45, 7) is 6.85. The molecule has 2 nitrogen and oxygen atoms in total. The summed E-state index contributed by atoms with van der Waals surface area (Å²) in [5.74, 6) is 0. The van der Waals surface area contributed by atoms with E-state index < -0.39 is 11.7 Å². The lowest BCUT2D eigenvalue weighted by molar-refractivity contribution is -0.137. The summed E-state index contributed by atoms with van der Waals surface area (Å²) in [7, 11) is 0. The molecule has 1 aromatic rings. The SMILES string of the molecule is CC(C)(C)CC(N)CNc1ccc(C(F)(F)F)cc1. The lowest BCUT2D eigenvalue weighted by atomic mass is 9.88. The molecule has 108 valence electrons. The Morgan fingerprint density at radius 1 is 1.11 bits per heavy atom. The topological polar surface area (TPSA) is 38.0 Å². The van der Waals surface area contributed by atoms with Gasteiger partial charge in [0, 0.05) is 18.3 Å². The first-order valence-corrected chi connectivity index (χ1v) is 6.25. The number of nitrogens with two attached hydrogens (primary N) is 1. The molecule has 0 aliphatic rings. The molecule has 3 N–H and O–H groups in total. The van der Waals surface area contributed by atoms with E-state index >= 15 is 0 Å². The average molecular weight is 274 g/mol. The third-order valence-corrected chi connectivity index (χ3v) is 2.66. The van der Waals surface area contributed by atoms with Gasteiger partial charge in [0.05, 0.1) is 5.56 Å². The van der Waals surface area contributed by atoms with E-state index in [1.54, 1.807) is 0 Å². The van der Waals surface area contributed by atoms with Crippen molar-refractivity contribution in [3.8, 4) is 0 Å². The Morgan fingerprint density at radius 3 is 2.05 bits per heavy atom. The number of nitrogens with one attached hydrogen (secondary N) is 1. The molecule has 5 heteroatoms. The molecule has 1 aromatic carbocycles. The maximum Gasteiger partial charge on any atom is 0.416 e. The number of hydrogen-bond acceptors (Lipinski definition) is 2. The molecule has 0 spiro atoms. The molecule has 1 rings (SSSR count). The molecule has 1 atom stereocenters. The van der Waals surface area contributed by atoms with Crippen molar-refractivity contribution in [2.75, 3.05) is 11.9 Å². The molecule has 0 saturated carbocycles. The fourth-order valence-electron chi connectivity index (χ4n) is 1.88. The predicted octanol–water partition coefficient (Wildman–Crippen LogP) is 3.88. The molecular weight excluding hydrogens is 253 g/mol. The Kier molecular flexibility index (Phi) is 4.85. The Hall–Kier alpha value is -1.23. The van der Waals surface area contributed by atoms with Crippen LogP contribution in [0, 0.1) is 5.41 Å².